The van der Waals surface area contributed by atoms with E-state index < -0.39 is 31.4 Å². The summed E-state index contributed by atoms with van der Waals surface area (Å²) < 4.78 is 49.4. The Morgan fingerprint density at radius 3 is 1.48 bits per heavy atom. The molecular formula is C21H31ClO9S2. The van der Waals surface area contributed by atoms with Gasteiger partial charge in [-0.2, -0.15) is 8.42 Å². The average Bonchev–Trinajstić information content (AvgIpc) is 2.77. The lowest BCUT2D eigenvalue weighted by molar-refractivity contribution is 0.0450. The van der Waals surface area contributed by atoms with Crippen LogP contribution in [-0.2, 0) is 23.4 Å². The number of aliphatic hydroxyl groups excluding tert-OH is 4. The van der Waals surface area contributed by atoms with Crippen molar-refractivity contribution in [1.82, 2.24) is 0 Å². The highest BCUT2D eigenvalue weighted by Crippen LogP contribution is 2.15. The highest BCUT2D eigenvalue weighted by Gasteiger charge is 2.16. The molecule has 33 heavy (non-hydrogen) atoms. The summed E-state index contributed by atoms with van der Waals surface area (Å²) in [5.74, 6) is 0. The van der Waals surface area contributed by atoms with Crippen LogP contribution in [0.5, 0.6) is 0 Å². The summed E-state index contributed by atoms with van der Waals surface area (Å²) >= 11 is 0. The number of benzene rings is 2. The van der Waals surface area contributed by atoms with Crippen LogP contribution < -0.4 is 0 Å². The number of rotatable bonds is 8. The fraction of sp³-hybridized carbons (Fsp3) is 0.429. The van der Waals surface area contributed by atoms with Gasteiger partial charge in [-0.3, -0.25) is 4.18 Å². The molecule has 12 heteroatoms. The van der Waals surface area contributed by atoms with Crippen molar-refractivity contribution in [3.05, 3.63) is 59.7 Å². The fourth-order valence-electron chi connectivity index (χ4n) is 1.82. The molecule has 0 bridgehead atoms. The topological polar surface area (TPSA) is 158 Å². The SMILES string of the molecule is CCC(O)COS(=O)(=O)c1ccc(C)cc1.Cc1ccc(S(=O)(=O)Cl)cc1.OCC(O)CO. The van der Waals surface area contributed by atoms with Crippen LogP contribution in [0.1, 0.15) is 24.5 Å². The van der Waals surface area contributed by atoms with E-state index >= 15 is 0 Å². The van der Waals surface area contributed by atoms with Gasteiger partial charge in [0.15, 0.2) is 0 Å². The van der Waals surface area contributed by atoms with E-state index in [-0.39, 0.29) is 29.6 Å². The van der Waals surface area contributed by atoms with E-state index in [4.69, 9.17) is 30.2 Å². The molecule has 0 fully saturated rings. The third-order valence-corrected chi connectivity index (χ3v) is 6.59. The van der Waals surface area contributed by atoms with Gasteiger partial charge in [0, 0.05) is 10.7 Å². The van der Waals surface area contributed by atoms with Crippen molar-refractivity contribution in [1.29, 1.82) is 0 Å². The first-order chi connectivity index (χ1) is 15.3. The second-order valence-electron chi connectivity index (χ2n) is 6.88. The Kier molecular flexibility index (Phi) is 14.6. The molecule has 1 unspecified atom stereocenters. The van der Waals surface area contributed by atoms with Crippen LogP contribution in [-0.4, -0.2) is 69.3 Å². The van der Waals surface area contributed by atoms with Gasteiger partial charge in [0.25, 0.3) is 19.2 Å². The van der Waals surface area contributed by atoms with Crippen molar-refractivity contribution in [2.24, 2.45) is 0 Å². The van der Waals surface area contributed by atoms with E-state index in [2.05, 4.69) is 0 Å². The minimum atomic E-state index is -3.74. The molecule has 188 valence electrons. The lowest BCUT2D eigenvalue weighted by Gasteiger charge is -2.09. The normalized spacial score (nSPS) is 12.3. The summed E-state index contributed by atoms with van der Waals surface area (Å²) in [6.07, 6.45) is -1.24. The Morgan fingerprint density at radius 1 is 0.788 bits per heavy atom. The van der Waals surface area contributed by atoms with Gasteiger partial charge in [-0.1, -0.05) is 42.3 Å². The van der Waals surface area contributed by atoms with E-state index in [9.17, 15) is 21.9 Å². The number of aryl methyl sites for hydroxylation is 2. The predicted octanol–water partition coefficient (Wildman–Crippen LogP) is 1.73. The van der Waals surface area contributed by atoms with E-state index in [0.29, 0.717) is 6.42 Å². The molecule has 0 aliphatic carbocycles. The first-order valence-electron chi connectivity index (χ1n) is 9.82. The van der Waals surface area contributed by atoms with Gasteiger partial charge in [0.2, 0.25) is 0 Å². The van der Waals surface area contributed by atoms with Gasteiger partial charge in [-0.25, -0.2) is 8.42 Å². The second kappa shape index (κ2) is 15.4. The molecule has 0 aliphatic rings. The molecule has 0 saturated carbocycles. The lowest BCUT2D eigenvalue weighted by atomic mass is 10.2. The molecule has 4 N–H and O–H groups in total. The van der Waals surface area contributed by atoms with Crippen LogP contribution in [0.2, 0.25) is 0 Å². The van der Waals surface area contributed by atoms with Crippen molar-refractivity contribution in [2.75, 3.05) is 19.8 Å². The maximum absolute atomic E-state index is 11.6. The van der Waals surface area contributed by atoms with Gasteiger partial charge in [0.1, 0.15) is 6.10 Å². The molecule has 0 saturated heterocycles. The van der Waals surface area contributed by atoms with Crippen molar-refractivity contribution in [2.45, 2.75) is 49.2 Å². The molecule has 9 nitrogen and oxygen atoms in total. The quantitative estimate of drug-likeness (QED) is 0.297. The van der Waals surface area contributed by atoms with Gasteiger partial charge in [0.05, 0.1) is 35.7 Å². The van der Waals surface area contributed by atoms with Crippen LogP contribution in [0, 0.1) is 13.8 Å². The minimum Gasteiger partial charge on any atom is -0.394 e. The first kappa shape index (κ1) is 31.4. The molecule has 2 aromatic rings. The van der Waals surface area contributed by atoms with E-state index in [0.717, 1.165) is 11.1 Å². The van der Waals surface area contributed by atoms with Gasteiger partial charge in [-0.15, -0.1) is 0 Å². The average molecular weight is 527 g/mol. The van der Waals surface area contributed by atoms with Gasteiger partial charge in [-0.05, 0) is 44.5 Å². The van der Waals surface area contributed by atoms with Crippen LogP contribution >= 0.6 is 10.7 Å². The molecule has 2 rings (SSSR count). The van der Waals surface area contributed by atoms with Gasteiger partial charge >= 0.3 is 0 Å². The highest BCUT2D eigenvalue weighted by atomic mass is 35.7. The Labute approximate surface area is 199 Å². The van der Waals surface area contributed by atoms with Crippen molar-refractivity contribution < 1.29 is 41.4 Å². The van der Waals surface area contributed by atoms with E-state index in [1.165, 1.54) is 24.3 Å². The Morgan fingerprint density at radius 2 is 1.18 bits per heavy atom. The number of halogens is 1. The van der Waals surface area contributed by atoms with Crippen molar-refractivity contribution >= 4 is 29.9 Å². The van der Waals surface area contributed by atoms with Gasteiger partial charge < -0.3 is 20.4 Å². The third-order valence-electron chi connectivity index (χ3n) is 3.92. The van der Waals surface area contributed by atoms with E-state index in [1.54, 1.807) is 31.2 Å². The molecule has 0 heterocycles. The summed E-state index contributed by atoms with van der Waals surface area (Å²) in [7, 11) is -2.21. The molecule has 1 atom stereocenters. The summed E-state index contributed by atoms with van der Waals surface area (Å²) in [5.41, 5.74) is 1.99. The number of aliphatic hydroxyl groups is 4. The van der Waals surface area contributed by atoms with Crippen LogP contribution in [0.15, 0.2) is 58.3 Å². The zero-order valence-corrected chi connectivity index (χ0v) is 21.0. The lowest BCUT2D eigenvalue weighted by Crippen LogP contribution is -2.18. The smallest absolute Gasteiger partial charge is 0.297 e. The number of hydrogen-bond acceptors (Lipinski definition) is 9. The molecule has 0 aromatic heterocycles. The zero-order chi connectivity index (χ0) is 25.7. The maximum atomic E-state index is 11.6. The fourth-order valence-corrected chi connectivity index (χ4v) is 3.53. The first-order valence-corrected chi connectivity index (χ1v) is 13.5. The largest absolute Gasteiger partial charge is 0.394 e. The summed E-state index contributed by atoms with van der Waals surface area (Å²) in [6, 6.07) is 12.8. The Hall–Kier alpha value is -1.57. The molecule has 0 amide bonds. The molecular weight excluding hydrogens is 496 g/mol. The highest BCUT2D eigenvalue weighted by molar-refractivity contribution is 8.13. The Bertz CT molecular complexity index is 1000. The second-order valence-corrected chi connectivity index (χ2v) is 11.1. The summed E-state index contributed by atoms with van der Waals surface area (Å²) in [4.78, 5) is 0.256. The van der Waals surface area contributed by atoms with Crippen LogP contribution in [0.4, 0.5) is 0 Å². The zero-order valence-electron chi connectivity index (χ0n) is 18.6. The minimum absolute atomic E-state index is 0.112. The molecule has 0 spiro atoms. The monoisotopic (exact) mass is 526 g/mol. The van der Waals surface area contributed by atoms with Crippen LogP contribution in [0.25, 0.3) is 0 Å². The summed E-state index contributed by atoms with van der Waals surface area (Å²) in [6.45, 7) is 4.58. The molecule has 0 radical (unpaired) electrons. The van der Waals surface area contributed by atoms with Crippen molar-refractivity contribution in [3.8, 4) is 0 Å². The van der Waals surface area contributed by atoms with E-state index in [1.807, 2.05) is 13.8 Å². The summed E-state index contributed by atoms with van der Waals surface area (Å²) in [5, 5.41) is 33.2. The standard InChI is InChI=1S/C11H16O4S.C7H7ClO2S.C3H8O3/c1-3-10(12)8-15-16(13,14)11-6-4-9(2)5-7-11;1-6-2-4-7(5-3-6)11(8,9)10;4-1-3(6)2-5/h4-7,10,12H,3,8H2,1-2H3;2-5H,1H3;3-6H,1-2H2. The molecule has 0 aliphatic heterocycles. The maximum Gasteiger partial charge on any atom is 0.297 e. The predicted molar refractivity (Wildman–Crippen MR) is 125 cm³/mol. The van der Waals surface area contributed by atoms with Crippen LogP contribution in [0.3, 0.4) is 0 Å². The molecule has 2 aromatic carbocycles. The third kappa shape index (κ3) is 13.7. The number of hydrogen-bond donors (Lipinski definition) is 4. The Balaban J connectivity index is 0.000000520. The van der Waals surface area contributed by atoms with Crippen molar-refractivity contribution in [3.63, 3.8) is 0 Å².